The van der Waals surface area contributed by atoms with Crippen LogP contribution in [0.1, 0.15) is 41.5 Å². The highest BCUT2D eigenvalue weighted by molar-refractivity contribution is 6.12. The van der Waals surface area contributed by atoms with E-state index in [-0.39, 0.29) is 29.5 Å². The Bertz CT molecular complexity index is 983. The summed E-state index contributed by atoms with van der Waals surface area (Å²) in [5.41, 5.74) is 0.470. The first kappa shape index (κ1) is 24.6. The number of benzene rings is 2. The second kappa shape index (κ2) is 10.6. The van der Waals surface area contributed by atoms with E-state index < -0.39 is 24.0 Å². The Labute approximate surface area is 188 Å². The van der Waals surface area contributed by atoms with Gasteiger partial charge in [-0.05, 0) is 45.0 Å². The van der Waals surface area contributed by atoms with Crippen molar-refractivity contribution in [2.24, 2.45) is 0 Å². The Morgan fingerprint density at radius 2 is 1.44 bits per heavy atom. The number of hydrogen-bond acceptors (Lipinski definition) is 5. The minimum atomic E-state index is -0.795. The van der Waals surface area contributed by atoms with Crippen molar-refractivity contribution in [3.05, 3.63) is 65.7 Å². The summed E-state index contributed by atoms with van der Waals surface area (Å²) in [6.45, 7) is 4.80. The van der Waals surface area contributed by atoms with E-state index >= 15 is 0 Å². The van der Waals surface area contributed by atoms with Gasteiger partial charge in [-0.25, -0.2) is 4.79 Å². The Balaban J connectivity index is 2.03. The van der Waals surface area contributed by atoms with Crippen molar-refractivity contribution >= 4 is 29.4 Å². The molecule has 0 fully saturated rings. The van der Waals surface area contributed by atoms with E-state index in [1.165, 1.54) is 29.0 Å². The molecule has 0 saturated heterocycles. The Hall–Kier alpha value is -3.68. The van der Waals surface area contributed by atoms with Crippen molar-refractivity contribution in [3.8, 4) is 0 Å². The molecule has 2 aromatic carbocycles. The summed E-state index contributed by atoms with van der Waals surface area (Å²) in [7, 11) is 3.06. The number of ether oxygens (including phenoxy) is 1. The highest BCUT2D eigenvalue weighted by atomic mass is 16.5. The van der Waals surface area contributed by atoms with E-state index in [1.807, 2.05) is 39.0 Å². The van der Waals surface area contributed by atoms with E-state index in [4.69, 9.17) is 4.74 Å². The lowest BCUT2D eigenvalue weighted by atomic mass is 10.1. The third kappa shape index (κ3) is 6.94. The lowest BCUT2D eigenvalue weighted by molar-refractivity contribution is -0.137. The van der Waals surface area contributed by atoms with Gasteiger partial charge in [0.15, 0.2) is 6.61 Å². The van der Waals surface area contributed by atoms with E-state index in [1.54, 1.807) is 31.3 Å². The van der Waals surface area contributed by atoms with Gasteiger partial charge in [0.1, 0.15) is 0 Å². The van der Waals surface area contributed by atoms with Gasteiger partial charge in [0.25, 0.3) is 11.8 Å². The zero-order chi connectivity index (χ0) is 23.9. The molecule has 0 unspecified atom stereocenters. The van der Waals surface area contributed by atoms with Gasteiger partial charge >= 0.3 is 5.97 Å². The van der Waals surface area contributed by atoms with E-state index in [0.29, 0.717) is 5.69 Å². The van der Waals surface area contributed by atoms with Crippen molar-refractivity contribution in [2.75, 3.05) is 32.1 Å². The average molecular weight is 440 g/mol. The van der Waals surface area contributed by atoms with Gasteiger partial charge in [0.05, 0.1) is 17.7 Å². The van der Waals surface area contributed by atoms with Crippen molar-refractivity contribution in [2.45, 2.75) is 26.3 Å². The fraction of sp³-hybridized carbons (Fsp3) is 0.333. The van der Waals surface area contributed by atoms with Crippen molar-refractivity contribution in [1.29, 1.82) is 0 Å². The summed E-state index contributed by atoms with van der Waals surface area (Å²) in [5.74, 6) is -2.03. The third-order valence-electron chi connectivity index (χ3n) is 4.47. The molecule has 2 aromatic rings. The lowest BCUT2D eigenvalue weighted by Crippen LogP contribution is -2.46. The number of likely N-dealkylation sites (N-methyl/N-ethyl adjacent to an activating group) is 1. The smallest absolute Gasteiger partial charge is 0.339 e. The number of para-hydroxylation sites is 1. The van der Waals surface area contributed by atoms with Crippen LogP contribution in [0.2, 0.25) is 0 Å². The quantitative estimate of drug-likeness (QED) is 0.669. The van der Waals surface area contributed by atoms with Crippen molar-refractivity contribution in [1.82, 2.24) is 10.2 Å². The SMILES string of the molecule is CN(CC(=O)NC(C)(C)C)C(=O)COC(=O)c1ccccc1C(=O)N(C)c1ccccc1. The van der Waals surface area contributed by atoms with Crippen LogP contribution in [-0.4, -0.2) is 61.4 Å². The summed E-state index contributed by atoms with van der Waals surface area (Å²) in [4.78, 5) is 52.4. The van der Waals surface area contributed by atoms with Crippen LogP contribution in [0.15, 0.2) is 54.6 Å². The molecule has 0 heterocycles. The molecule has 8 heteroatoms. The summed E-state index contributed by atoms with van der Waals surface area (Å²) >= 11 is 0. The summed E-state index contributed by atoms with van der Waals surface area (Å²) in [5, 5.41) is 2.76. The first-order chi connectivity index (χ1) is 15.0. The predicted octanol–water partition coefficient (Wildman–Crippen LogP) is 2.49. The molecule has 0 aromatic heterocycles. The van der Waals surface area contributed by atoms with Crippen LogP contribution in [0.4, 0.5) is 5.69 Å². The van der Waals surface area contributed by atoms with Gasteiger partial charge in [-0.15, -0.1) is 0 Å². The molecule has 0 radical (unpaired) electrons. The molecule has 8 nitrogen and oxygen atoms in total. The molecule has 0 aliphatic rings. The molecule has 3 amide bonds. The molecular weight excluding hydrogens is 410 g/mol. The molecule has 0 saturated carbocycles. The summed E-state index contributed by atoms with van der Waals surface area (Å²) < 4.78 is 5.14. The van der Waals surface area contributed by atoms with Crippen LogP contribution >= 0.6 is 0 Å². The first-order valence-electron chi connectivity index (χ1n) is 10.1. The molecule has 32 heavy (non-hydrogen) atoms. The number of hydrogen-bond donors (Lipinski definition) is 1. The van der Waals surface area contributed by atoms with Crippen LogP contribution in [0.5, 0.6) is 0 Å². The van der Waals surface area contributed by atoms with E-state index in [0.717, 1.165) is 0 Å². The lowest BCUT2D eigenvalue weighted by Gasteiger charge is -2.23. The normalized spacial score (nSPS) is 10.8. The monoisotopic (exact) mass is 439 g/mol. The van der Waals surface area contributed by atoms with Crippen molar-refractivity contribution < 1.29 is 23.9 Å². The molecule has 1 N–H and O–H groups in total. The topological polar surface area (TPSA) is 96.0 Å². The zero-order valence-corrected chi connectivity index (χ0v) is 19.0. The number of carbonyl (C=O) groups excluding carboxylic acids is 4. The summed E-state index contributed by atoms with van der Waals surface area (Å²) in [6.07, 6.45) is 0. The molecule has 0 aliphatic heterocycles. The number of nitrogens with zero attached hydrogens (tertiary/aromatic N) is 2. The molecule has 0 aliphatic carbocycles. The largest absolute Gasteiger partial charge is 0.452 e. The first-order valence-corrected chi connectivity index (χ1v) is 10.1. The van der Waals surface area contributed by atoms with Gasteiger partial charge in [-0.2, -0.15) is 0 Å². The van der Waals surface area contributed by atoms with E-state index in [9.17, 15) is 19.2 Å². The highest BCUT2D eigenvalue weighted by Gasteiger charge is 2.23. The number of carbonyl (C=O) groups is 4. The second-order valence-electron chi connectivity index (χ2n) is 8.37. The number of rotatable bonds is 7. The Morgan fingerprint density at radius 3 is 2.03 bits per heavy atom. The summed E-state index contributed by atoms with van der Waals surface area (Å²) in [6, 6.07) is 15.3. The highest BCUT2D eigenvalue weighted by Crippen LogP contribution is 2.18. The fourth-order valence-electron chi connectivity index (χ4n) is 2.87. The molecule has 0 bridgehead atoms. The van der Waals surface area contributed by atoms with Gasteiger partial charge in [0.2, 0.25) is 5.91 Å². The fourth-order valence-corrected chi connectivity index (χ4v) is 2.87. The van der Waals surface area contributed by atoms with Crippen LogP contribution in [0.3, 0.4) is 0 Å². The molecule has 2 rings (SSSR count). The number of anilines is 1. The number of amides is 3. The van der Waals surface area contributed by atoms with Gasteiger partial charge < -0.3 is 19.9 Å². The van der Waals surface area contributed by atoms with E-state index in [2.05, 4.69) is 5.32 Å². The minimum Gasteiger partial charge on any atom is -0.452 e. The van der Waals surface area contributed by atoms with Gasteiger partial charge in [-0.1, -0.05) is 30.3 Å². The van der Waals surface area contributed by atoms with Crippen molar-refractivity contribution in [3.63, 3.8) is 0 Å². The predicted molar refractivity (Wildman–Crippen MR) is 121 cm³/mol. The third-order valence-corrected chi connectivity index (χ3v) is 4.47. The number of esters is 1. The standard InChI is InChI=1S/C24H29N3O5/c1-24(2,3)25-20(28)15-26(4)21(29)16-32-23(31)19-14-10-9-13-18(19)22(30)27(5)17-11-7-6-8-12-17/h6-14H,15-16H2,1-5H3,(H,25,28). The molecule has 170 valence electrons. The van der Waals surface area contributed by atoms with Crippen LogP contribution in [0.25, 0.3) is 0 Å². The second-order valence-corrected chi connectivity index (χ2v) is 8.37. The van der Waals surface area contributed by atoms with Crippen LogP contribution < -0.4 is 10.2 Å². The Kier molecular flexibility index (Phi) is 8.12. The average Bonchev–Trinajstić information content (AvgIpc) is 2.75. The Morgan fingerprint density at radius 1 is 0.875 bits per heavy atom. The maximum absolute atomic E-state index is 13.0. The van der Waals surface area contributed by atoms with Gasteiger partial charge in [0, 0.05) is 25.3 Å². The van der Waals surface area contributed by atoms with Gasteiger partial charge in [-0.3, -0.25) is 14.4 Å². The van der Waals surface area contributed by atoms with Crippen LogP contribution in [0, 0.1) is 0 Å². The maximum Gasteiger partial charge on any atom is 0.339 e. The zero-order valence-electron chi connectivity index (χ0n) is 19.0. The molecular formula is C24H29N3O5. The maximum atomic E-state index is 13.0. The van der Waals surface area contributed by atoms with Crippen LogP contribution in [-0.2, 0) is 14.3 Å². The number of nitrogens with one attached hydrogen (secondary N) is 1. The molecule has 0 spiro atoms. The minimum absolute atomic E-state index is 0.0567. The molecule has 0 atom stereocenters.